The maximum Gasteiger partial charge on any atom is 0.202 e. The van der Waals surface area contributed by atoms with Gasteiger partial charge in [0.1, 0.15) is 11.3 Å². The molecule has 0 unspecified atom stereocenters. The van der Waals surface area contributed by atoms with Crippen molar-refractivity contribution in [2.75, 3.05) is 12.8 Å². The number of aryl methyl sites for hydroxylation is 3. The molecule has 0 amide bonds. The minimum Gasteiger partial charge on any atom is -0.497 e. The first-order valence-corrected chi connectivity index (χ1v) is 6.89. The van der Waals surface area contributed by atoms with Crippen molar-refractivity contribution in [1.29, 1.82) is 0 Å². The van der Waals surface area contributed by atoms with E-state index >= 15 is 0 Å². The van der Waals surface area contributed by atoms with Crippen LogP contribution in [0.15, 0.2) is 36.4 Å². The van der Waals surface area contributed by atoms with Gasteiger partial charge in [-0.2, -0.15) is 0 Å². The van der Waals surface area contributed by atoms with E-state index in [2.05, 4.69) is 22.1 Å². The van der Waals surface area contributed by atoms with Crippen molar-refractivity contribution < 1.29 is 4.74 Å². The molecule has 3 aromatic rings. The number of benzene rings is 1. The third-order valence-electron chi connectivity index (χ3n) is 3.54. The van der Waals surface area contributed by atoms with Gasteiger partial charge in [0.2, 0.25) is 5.95 Å². The van der Waals surface area contributed by atoms with Crippen LogP contribution in [0.1, 0.15) is 11.3 Å². The van der Waals surface area contributed by atoms with E-state index in [9.17, 15) is 0 Å². The number of nitrogen functional groups attached to an aromatic ring is 1. The van der Waals surface area contributed by atoms with Crippen molar-refractivity contribution in [3.63, 3.8) is 0 Å². The van der Waals surface area contributed by atoms with Gasteiger partial charge in [0.25, 0.3) is 0 Å². The van der Waals surface area contributed by atoms with Crippen LogP contribution in [0, 0.1) is 6.92 Å². The molecule has 3 rings (SSSR count). The van der Waals surface area contributed by atoms with Gasteiger partial charge in [-0.1, -0.05) is 12.1 Å². The molecule has 2 aromatic heterocycles. The maximum absolute atomic E-state index is 6.01. The van der Waals surface area contributed by atoms with Crippen molar-refractivity contribution in [3.05, 3.63) is 47.7 Å². The lowest BCUT2D eigenvalue weighted by molar-refractivity contribution is 0.414. The Bertz CT molecular complexity index is 762. The molecular weight excluding hydrogens is 264 g/mol. The number of rotatable bonds is 4. The van der Waals surface area contributed by atoms with Crippen molar-refractivity contribution in [2.45, 2.75) is 19.9 Å². The number of imidazole rings is 1. The molecule has 5 heteroatoms. The lowest BCUT2D eigenvalue weighted by Gasteiger charge is -2.07. The van der Waals surface area contributed by atoms with E-state index in [0.717, 1.165) is 35.6 Å². The fraction of sp³-hybridized carbons (Fsp3) is 0.250. The van der Waals surface area contributed by atoms with Crippen LogP contribution in [0.3, 0.4) is 0 Å². The van der Waals surface area contributed by atoms with Gasteiger partial charge in [-0.15, -0.1) is 0 Å². The molecular formula is C16H18N4O. The molecule has 2 heterocycles. The zero-order valence-electron chi connectivity index (χ0n) is 12.2. The van der Waals surface area contributed by atoms with Gasteiger partial charge in [-0.3, -0.25) is 4.57 Å². The highest BCUT2D eigenvalue weighted by atomic mass is 16.5. The topological polar surface area (TPSA) is 66.0 Å². The lowest BCUT2D eigenvalue weighted by atomic mass is 10.1. The van der Waals surface area contributed by atoms with Crippen molar-refractivity contribution >= 4 is 17.1 Å². The van der Waals surface area contributed by atoms with Gasteiger partial charge < -0.3 is 10.5 Å². The van der Waals surface area contributed by atoms with Crippen LogP contribution >= 0.6 is 0 Å². The summed E-state index contributed by atoms with van der Waals surface area (Å²) in [6.07, 6.45) is 0.870. The molecule has 0 fully saturated rings. The second kappa shape index (κ2) is 5.44. The van der Waals surface area contributed by atoms with Gasteiger partial charge in [0, 0.05) is 12.2 Å². The predicted octanol–water partition coefficient (Wildman–Crippen LogP) is 2.57. The molecule has 0 aliphatic rings. The lowest BCUT2D eigenvalue weighted by Crippen LogP contribution is -2.06. The Kier molecular flexibility index (Phi) is 3.48. The quantitative estimate of drug-likeness (QED) is 0.798. The monoisotopic (exact) mass is 282 g/mol. The molecule has 2 N–H and O–H groups in total. The summed E-state index contributed by atoms with van der Waals surface area (Å²) in [4.78, 5) is 8.89. The fourth-order valence-electron chi connectivity index (χ4n) is 2.37. The number of pyridine rings is 1. The van der Waals surface area contributed by atoms with Crippen LogP contribution in [-0.4, -0.2) is 21.6 Å². The summed E-state index contributed by atoms with van der Waals surface area (Å²) in [6, 6.07) is 12.0. The Morgan fingerprint density at radius 3 is 2.57 bits per heavy atom. The molecule has 5 nitrogen and oxygen atoms in total. The van der Waals surface area contributed by atoms with Crippen LogP contribution in [0.2, 0.25) is 0 Å². The van der Waals surface area contributed by atoms with E-state index in [0.29, 0.717) is 5.95 Å². The van der Waals surface area contributed by atoms with E-state index in [1.165, 1.54) is 5.56 Å². The van der Waals surface area contributed by atoms with Gasteiger partial charge in [-0.05, 0) is 43.2 Å². The standard InChI is InChI=1S/C16H18N4O/c1-11-3-8-14-15(18-11)20(16(17)19-14)10-9-12-4-6-13(21-2)7-5-12/h3-8H,9-10H2,1-2H3,(H2,17,19). The summed E-state index contributed by atoms with van der Waals surface area (Å²) in [7, 11) is 1.67. The third kappa shape index (κ3) is 2.67. The highest BCUT2D eigenvalue weighted by Crippen LogP contribution is 2.18. The van der Waals surface area contributed by atoms with Gasteiger partial charge in [-0.25, -0.2) is 9.97 Å². The average Bonchev–Trinajstić information content (AvgIpc) is 2.80. The van der Waals surface area contributed by atoms with Crippen molar-refractivity contribution in [2.24, 2.45) is 0 Å². The molecule has 0 saturated carbocycles. The summed E-state index contributed by atoms with van der Waals surface area (Å²) in [6.45, 7) is 2.72. The van der Waals surface area contributed by atoms with E-state index in [-0.39, 0.29) is 0 Å². The van der Waals surface area contributed by atoms with E-state index in [1.54, 1.807) is 7.11 Å². The first-order valence-electron chi connectivity index (χ1n) is 6.89. The SMILES string of the molecule is COc1ccc(CCn2c(N)nc3ccc(C)nc32)cc1. The number of methoxy groups -OCH3 is 1. The van der Waals surface area contributed by atoms with Crippen LogP contribution in [0.4, 0.5) is 5.95 Å². The number of hydrogen-bond acceptors (Lipinski definition) is 4. The molecule has 0 bridgehead atoms. The average molecular weight is 282 g/mol. The number of fused-ring (bicyclic) bond motifs is 1. The summed E-state index contributed by atoms with van der Waals surface area (Å²) < 4.78 is 7.13. The zero-order valence-corrected chi connectivity index (χ0v) is 12.2. The van der Waals surface area contributed by atoms with Crippen molar-refractivity contribution in [1.82, 2.24) is 14.5 Å². The van der Waals surface area contributed by atoms with Gasteiger partial charge >= 0.3 is 0 Å². The molecule has 21 heavy (non-hydrogen) atoms. The first-order chi connectivity index (χ1) is 10.2. The minimum absolute atomic E-state index is 0.511. The maximum atomic E-state index is 6.01. The smallest absolute Gasteiger partial charge is 0.202 e. The molecule has 108 valence electrons. The Balaban J connectivity index is 1.84. The Morgan fingerprint density at radius 1 is 1.10 bits per heavy atom. The van der Waals surface area contributed by atoms with E-state index < -0.39 is 0 Å². The number of nitrogens with two attached hydrogens (primary N) is 1. The second-order valence-electron chi connectivity index (χ2n) is 5.02. The highest BCUT2D eigenvalue weighted by Gasteiger charge is 2.09. The summed E-state index contributed by atoms with van der Waals surface area (Å²) in [5.74, 6) is 1.38. The summed E-state index contributed by atoms with van der Waals surface area (Å²) in [5, 5.41) is 0. The normalized spacial score (nSPS) is 11.0. The number of aromatic nitrogens is 3. The number of anilines is 1. The number of nitrogens with zero attached hydrogens (tertiary/aromatic N) is 3. The Hall–Kier alpha value is -2.56. The molecule has 0 aliphatic carbocycles. The minimum atomic E-state index is 0.511. The molecule has 0 aliphatic heterocycles. The van der Waals surface area contributed by atoms with E-state index in [1.807, 2.05) is 35.8 Å². The Morgan fingerprint density at radius 2 is 1.86 bits per heavy atom. The highest BCUT2D eigenvalue weighted by molar-refractivity contribution is 5.74. The second-order valence-corrected chi connectivity index (χ2v) is 5.02. The molecule has 0 radical (unpaired) electrons. The largest absolute Gasteiger partial charge is 0.497 e. The number of ether oxygens (including phenoxy) is 1. The Labute approximate surface area is 123 Å². The van der Waals surface area contributed by atoms with Crippen LogP contribution in [0.5, 0.6) is 5.75 Å². The van der Waals surface area contributed by atoms with Gasteiger partial charge in [0.05, 0.1) is 7.11 Å². The molecule has 0 saturated heterocycles. The number of hydrogen-bond donors (Lipinski definition) is 1. The zero-order chi connectivity index (χ0) is 14.8. The molecule has 0 spiro atoms. The van der Waals surface area contributed by atoms with Crippen LogP contribution < -0.4 is 10.5 Å². The van der Waals surface area contributed by atoms with Crippen molar-refractivity contribution in [3.8, 4) is 5.75 Å². The summed E-state index contributed by atoms with van der Waals surface area (Å²) in [5.41, 5.74) is 9.89. The van der Waals surface area contributed by atoms with Crippen LogP contribution in [0.25, 0.3) is 11.2 Å². The van der Waals surface area contributed by atoms with Crippen LogP contribution in [-0.2, 0) is 13.0 Å². The van der Waals surface area contributed by atoms with E-state index in [4.69, 9.17) is 10.5 Å². The summed E-state index contributed by atoms with van der Waals surface area (Å²) >= 11 is 0. The third-order valence-corrected chi connectivity index (χ3v) is 3.54. The molecule has 1 aromatic carbocycles. The fourth-order valence-corrected chi connectivity index (χ4v) is 2.37. The predicted molar refractivity (Wildman–Crippen MR) is 83.4 cm³/mol. The van der Waals surface area contributed by atoms with Gasteiger partial charge in [0.15, 0.2) is 5.65 Å². The molecule has 0 atom stereocenters. The first kappa shape index (κ1) is 13.4.